The highest BCUT2D eigenvalue weighted by Gasteiger charge is 2.54. The Morgan fingerprint density at radius 2 is 1.74 bits per heavy atom. The molecule has 0 saturated heterocycles. The molecule has 8 heteroatoms. The predicted octanol–water partition coefficient (Wildman–Crippen LogP) is 4.54. The van der Waals surface area contributed by atoms with E-state index in [1.807, 2.05) is 13.8 Å². The minimum Gasteiger partial charge on any atom is -0.311 e. The normalized spacial score (nSPS) is 21.4. The first-order chi connectivity index (χ1) is 14.5. The Hall–Kier alpha value is -2.48. The van der Waals surface area contributed by atoms with Crippen LogP contribution in [0.1, 0.15) is 33.1 Å². The van der Waals surface area contributed by atoms with Gasteiger partial charge in [0.2, 0.25) is 5.91 Å². The number of amides is 3. The Bertz CT molecular complexity index is 988. The summed E-state index contributed by atoms with van der Waals surface area (Å²) in [5.41, 5.74) is 2.02. The largest absolute Gasteiger partial charge is 0.322 e. The van der Waals surface area contributed by atoms with E-state index in [1.165, 1.54) is 12.1 Å². The van der Waals surface area contributed by atoms with Gasteiger partial charge in [0.05, 0.1) is 26.7 Å². The van der Waals surface area contributed by atoms with Crippen LogP contribution in [-0.4, -0.2) is 49.4 Å². The number of amidine groups is 1. The van der Waals surface area contributed by atoms with Crippen LogP contribution in [0.2, 0.25) is 24.7 Å². The number of carbonyl (C=O) groups is 2. The van der Waals surface area contributed by atoms with E-state index < -0.39 is 13.6 Å². The smallest absolute Gasteiger partial charge is 0.311 e. The summed E-state index contributed by atoms with van der Waals surface area (Å²) in [5.74, 6) is 0.367. The van der Waals surface area contributed by atoms with E-state index in [-0.39, 0.29) is 22.8 Å². The molecule has 4 rings (SSSR count). The molecule has 1 fully saturated rings. The van der Waals surface area contributed by atoms with E-state index in [9.17, 15) is 14.0 Å². The van der Waals surface area contributed by atoms with E-state index in [1.54, 1.807) is 17.0 Å². The van der Waals surface area contributed by atoms with Gasteiger partial charge in [0, 0.05) is 16.3 Å². The first-order valence-corrected chi connectivity index (χ1v) is 14.4. The summed E-state index contributed by atoms with van der Waals surface area (Å²) in [6.45, 7) is 11.6. The fourth-order valence-corrected chi connectivity index (χ4v) is 7.58. The molecule has 0 radical (unpaired) electrons. The molecule has 2 N–H and O–H groups in total. The third kappa shape index (κ3) is 3.50. The lowest BCUT2D eigenvalue weighted by atomic mass is 9.83. The molecular weight excluding hydrogens is 411 g/mol. The van der Waals surface area contributed by atoms with E-state index >= 15 is 0 Å². The molecule has 1 aromatic rings. The monoisotopic (exact) mass is 442 g/mol. The van der Waals surface area contributed by atoms with E-state index in [0.717, 1.165) is 30.4 Å². The summed E-state index contributed by atoms with van der Waals surface area (Å²) in [4.78, 5) is 32.6. The lowest BCUT2D eigenvalue weighted by Crippen LogP contribution is -2.55. The van der Waals surface area contributed by atoms with Crippen LogP contribution in [-0.2, 0) is 4.79 Å². The van der Waals surface area contributed by atoms with Gasteiger partial charge in [-0.2, -0.15) is 0 Å². The maximum absolute atomic E-state index is 13.3. The molecule has 166 valence electrons. The standard InChI is InChI=1S/C23H31FN4O2Si/c1-22(2)18-13-25-19(27-20(29)23(11-6-12-23)31(3,4)5)17(18)14-28(22)21(30)26-16-9-7-15(24)8-10-16/h7-10H,6,11-14H2,1-5H3,(H,26,30)(H,25,27,29). The van der Waals surface area contributed by atoms with Crippen LogP contribution in [0, 0.1) is 5.82 Å². The van der Waals surface area contributed by atoms with Crippen LogP contribution in [0.15, 0.2) is 40.4 Å². The Morgan fingerprint density at radius 1 is 1.10 bits per heavy atom. The first kappa shape index (κ1) is 21.7. The van der Waals surface area contributed by atoms with Gasteiger partial charge in [-0.05, 0) is 56.5 Å². The SMILES string of the molecule is CC1(C)C2=C(CN1C(=O)Nc1ccc(F)cc1)C(NC(=O)C1([Si](C)(C)C)CCC1)=NC2. The zero-order valence-electron chi connectivity index (χ0n) is 18.9. The van der Waals surface area contributed by atoms with E-state index in [0.29, 0.717) is 24.6 Å². The average Bonchev–Trinajstić information content (AvgIpc) is 3.13. The Morgan fingerprint density at radius 3 is 2.29 bits per heavy atom. The Balaban J connectivity index is 1.49. The molecule has 1 saturated carbocycles. The van der Waals surface area contributed by atoms with Gasteiger partial charge in [0.25, 0.3) is 0 Å². The van der Waals surface area contributed by atoms with Gasteiger partial charge in [0.15, 0.2) is 0 Å². The van der Waals surface area contributed by atoms with Gasteiger partial charge < -0.3 is 15.5 Å². The van der Waals surface area contributed by atoms with Crippen molar-refractivity contribution in [3.8, 4) is 0 Å². The highest BCUT2D eigenvalue weighted by Crippen LogP contribution is 2.55. The number of halogens is 1. The zero-order valence-corrected chi connectivity index (χ0v) is 19.9. The number of hydrogen-bond acceptors (Lipinski definition) is 3. The molecule has 2 heterocycles. The molecule has 0 unspecified atom stereocenters. The number of hydrogen-bond donors (Lipinski definition) is 2. The van der Waals surface area contributed by atoms with Crippen LogP contribution < -0.4 is 10.6 Å². The number of nitrogens with one attached hydrogen (secondary N) is 2. The fraction of sp³-hybridized carbons (Fsp3) is 0.522. The molecular formula is C23H31FN4O2Si. The highest BCUT2D eigenvalue weighted by molar-refractivity contribution is 6.82. The number of rotatable bonds is 3. The lowest BCUT2D eigenvalue weighted by molar-refractivity contribution is -0.125. The molecule has 0 bridgehead atoms. The van der Waals surface area contributed by atoms with Gasteiger partial charge in [-0.15, -0.1) is 0 Å². The van der Waals surface area contributed by atoms with Gasteiger partial charge in [-0.3, -0.25) is 9.79 Å². The van der Waals surface area contributed by atoms with Crippen LogP contribution >= 0.6 is 0 Å². The van der Waals surface area contributed by atoms with Crippen molar-refractivity contribution < 1.29 is 14.0 Å². The second kappa shape index (κ2) is 7.29. The molecule has 31 heavy (non-hydrogen) atoms. The summed E-state index contributed by atoms with van der Waals surface area (Å²) < 4.78 is 13.2. The average molecular weight is 443 g/mol. The minimum atomic E-state index is -1.68. The van der Waals surface area contributed by atoms with Crippen molar-refractivity contribution in [2.45, 2.75) is 63.3 Å². The van der Waals surface area contributed by atoms with Crippen molar-refractivity contribution in [1.82, 2.24) is 10.2 Å². The maximum Gasteiger partial charge on any atom is 0.322 e. The number of benzene rings is 1. The molecule has 1 aromatic carbocycles. The summed E-state index contributed by atoms with van der Waals surface area (Å²) in [6.07, 6.45) is 3.00. The number of anilines is 1. The minimum absolute atomic E-state index is 0.0948. The number of urea groups is 1. The van der Waals surface area contributed by atoms with Gasteiger partial charge in [-0.1, -0.05) is 26.1 Å². The van der Waals surface area contributed by atoms with Gasteiger partial charge in [0.1, 0.15) is 11.7 Å². The quantitative estimate of drug-likeness (QED) is 0.675. The summed E-state index contributed by atoms with van der Waals surface area (Å²) in [7, 11) is -1.68. The molecule has 6 nitrogen and oxygen atoms in total. The third-order valence-corrected chi connectivity index (χ3v) is 11.0. The molecule has 0 aromatic heterocycles. The lowest BCUT2D eigenvalue weighted by Gasteiger charge is -2.49. The first-order valence-electron chi connectivity index (χ1n) is 10.9. The zero-order chi connectivity index (χ0) is 22.6. The predicted molar refractivity (Wildman–Crippen MR) is 124 cm³/mol. The molecule has 3 amide bonds. The Labute approximate surface area is 184 Å². The molecule has 3 aliphatic rings. The fourth-order valence-electron chi connectivity index (χ4n) is 4.98. The van der Waals surface area contributed by atoms with Crippen molar-refractivity contribution in [2.75, 3.05) is 18.4 Å². The number of carbonyl (C=O) groups excluding carboxylic acids is 2. The second-order valence-electron chi connectivity index (χ2n) is 10.3. The molecule has 1 aliphatic carbocycles. The van der Waals surface area contributed by atoms with Gasteiger partial charge in [-0.25, -0.2) is 9.18 Å². The van der Waals surface area contributed by atoms with Crippen LogP contribution in [0.4, 0.5) is 14.9 Å². The number of nitrogens with zero attached hydrogens (tertiary/aromatic N) is 2. The van der Waals surface area contributed by atoms with Crippen LogP contribution in [0.25, 0.3) is 0 Å². The van der Waals surface area contributed by atoms with E-state index in [2.05, 4.69) is 35.3 Å². The maximum atomic E-state index is 13.3. The topological polar surface area (TPSA) is 73.8 Å². The molecule has 0 spiro atoms. The van der Waals surface area contributed by atoms with Crippen LogP contribution in [0.3, 0.4) is 0 Å². The van der Waals surface area contributed by atoms with Crippen molar-refractivity contribution in [3.05, 3.63) is 41.2 Å². The Kier molecular flexibility index (Phi) is 5.11. The van der Waals surface area contributed by atoms with Gasteiger partial charge >= 0.3 is 6.03 Å². The third-order valence-electron chi connectivity index (χ3n) is 7.42. The summed E-state index contributed by atoms with van der Waals surface area (Å²) in [6, 6.07) is 5.46. The van der Waals surface area contributed by atoms with Crippen molar-refractivity contribution in [2.24, 2.45) is 4.99 Å². The second-order valence-corrected chi connectivity index (χ2v) is 15.8. The number of aliphatic imine (C=N–C) groups is 1. The van der Waals surface area contributed by atoms with Crippen molar-refractivity contribution >= 4 is 31.5 Å². The molecule has 2 aliphatic heterocycles. The van der Waals surface area contributed by atoms with Crippen LogP contribution in [0.5, 0.6) is 0 Å². The summed E-state index contributed by atoms with van der Waals surface area (Å²) in [5, 5.41) is 5.76. The van der Waals surface area contributed by atoms with E-state index in [4.69, 9.17) is 0 Å². The summed E-state index contributed by atoms with van der Waals surface area (Å²) >= 11 is 0. The molecule has 0 atom stereocenters. The van der Waals surface area contributed by atoms with Crippen molar-refractivity contribution in [1.29, 1.82) is 0 Å². The van der Waals surface area contributed by atoms with Crippen molar-refractivity contribution in [3.63, 3.8) is 0 Å². The highest BCUT2D eigenvalue weighted by atomic mass is 28.3.